The standard InChI is InChI=1S/C9H9N3O2/c1-2-14-8(13)7-5-11-9-10-3-4-12(9)6-7/h3-6H,2H2,1H3. The fourth-order valence-corrected chi connectivity index (χ4v) is 1.14. The predicted octanol–water partition coefficient (Wildman–Crippen LogP) is 0.906. The Morgan fingerprint density at radius 1 is 1.57 bits per heavy atom. The first kappa shape index (κ1) is 8.68. The van der Waals surface area contributed by atoms with E-state index < -0.39 is 0 Å². The largest absolute Gasteiger partial charge is 0.462 e. The van der Waals surface area contributed by atoms with Crippen LogP contribution in [0.15, 0.2) is 24.8 Å². The Bertz CT molecular complexity index is 464. The van der Waals surface area contributed by atoms with Gasteiger partial charge in [-0.05, 0) is 6.92 Å². The van der Waals surface area contributed by atoms with Crippen molar-refractivity contribution in [2.75, 3.05) is 6.61 Å². The third-order valence-electron chi connectivity index (χ3n) is 1.76. The first-order valence-electron chi connectivity index (χ1n) is 4.27. The van der Waals surface area contributed by atoms with Crippen LogP contribution < -0.4 is 0 Å². The van der Waals surface area contributed by atoms with Crippen LogP contribution in [0.2, 0.25) is 0 Å². The van der Waals surface area contributed by atoms with Crippen molar-refractivity contribution in [1.82, 2.24) is 14.4 Å². The summed E-state index contributed by atoms with van der Waals surface area (Å²) in [6, 6.07) is 0. The van der Waals surface area contributed by atoms with Gasteiger partial charge < -0.3 is 4.74 Å². The molecule has 0 spiro atoms. The second-order valence-electron chi connectivity index (χ2n) is 2.70. The van der Waals surface area contributed by atoms with Crippen LogP contribution >= 0.6 is 0 Å². The molecular formula is C9H9N3O2. The molecule has 0 N–H and O–H groups in total. The van der Waals surface area contributed by atoms with E-state index in [1.807, 2.05) is 0 Å². The van der Waals surface area contributed by atoms with Crippen molar-refractivity contribution in [3.63, 3.8) is 0 Å². The zero-order valence-corrected chi connectivity index (χ0v) is 7.67. The molecule has 2 heterocycles. The Hall–Kier alpha value is -1.91. The summed E-state index contributed by atoms with van der Waals surface area (Å²) in [4.78, 5) is 19.3. The van der Waals surface area contributed by atoms with E-state index in [9.17, 15) is 4.79 Å². The van der Waals surface area contributed by atoms with E-state index in [-0.39, 0.29) is 5.97 Å². The molecule has 0 aliphatic carbocycles. The van der Waals surface area contributed by atoms with Crippen LogP contribution in [0.4, 0.5) is 0 Å². The van der Waals surface area contributed by atoms with E-state index in [1.54, 1.807) is 29.9 Å². The van der Waals surface area contributed by atoms with Crippen molar-refractivity contribution in [3.8, 4) is 0 Å². The summed E-state index contributed by atoms with van der Waals surface area (Å²) in [6.45, 7) is 2.13. The van der Waals surface area contributed by atoms with Gasteiger partial charge in [-0.15, -0.1) is 0 Å². The maximum atomic E-state index is 11.3. The van der Waals surface area contributed by atoms with Crippen LogP contribution in [0.3, 0.4) is 0 Å². The van der Waals surface area contributed by atoms with E-state index in [2.05, 4.69) is 9.97 Å². The van der Waals surface area contributed by atoms with Crippen LogP contribution in [0.5, 0.6) is 0 Å². The molecule has 72 valence electrons. The van der Waals surface area contributed by atoms with Crippen molar-refractivity contribution < 1.29 is 9.53 Å². The molecule has 2 aromatic heterocycles. The number of carbonyl (C=O) groups is 1. The number of fused-ring (bicyclic) bond motifs is 1. The van der Waals surface area contributed by atoms with E-state index in [0.29, 0.717) is 17.9 Å². The van der Waals surface area contributed by atoms with Crippen LogP contribution in [0.25, 0.3) is 5.78 Å². The molecular weight excluding hydrogens is 182 g/mol. The molecule has 0 aliphatic rings. The maximum Gasteiger partial charge on any atom is 0.341 e. The molecule has 0 atom stereocenters. The SMILES string of the molecule is CCOC(=O)c1cnc2nccn2c1. The molecule has 2 aromatic rings. The molecule has 5 nitrogen and oxygen atoms in total. The lowest BCUT2D eigenvalue weighted by molar-refractivity contribution is 0.0525. The number of ether oxygens (including phenoxy) is 1. The predicted molar refractivity (Wildman–Crippen MR) is 48.9 cm³/mol. The minimum atomic E-state index is -0.365. The van der Waals surface area contributed by atoms with Gasteiger partial charge in [-0.3, -0.25) is 4.40 Å². The summed E-state index contributed by atoms with van der Waals surface area (Å²) < 4.78 is 6.51. The summed E-state index contributed by atoms with van der Waals surface area (Å²) in [5.41, 5.74) is 0.428. The lowest BCUT2D eigenvalue weighted by Crippen LogP contribution is -2.06. The third-order valence-corrected chi connectivity index (χ3v) is 1.76. The molecule has 0 radical (unpaired) electrons. The van der Waals surface area contributed by atoms with Gasteiger partial charge in [-0.1, -0.05) is 0 Å². The highest BCUT2D eigenvalue weighted by Crippen LogP contribution is 2.02. The molecule has 0 fully saturated rings. The first-order chi connectivity index (χ1) is 6.81. The zero-order chi connectivity index (χ0) is 9.97. The van der Waals surface area contributed by atoms with Gasteiger partial charge >= 0.3 is 5.97 Å². The number of rotatable bonds is 2. The summed E-state index contributed by atoms with van der Waals surface area (Å²) >= 11 is 0. The highest BCUT2D eigenvalue weighted by atomic mass is 16.5. The average Bonchev–Trinajstić information content (AvgIpc) is 2.64. The molecule has 0 aromatic carbocycles. The van der Waals surface area contributed by atoms with Crippen LogP contribution in [0, 0.1) is 0 Å². The minimum absolute atomic E-state index is 0.362. The molecule has 0 aliphatic heterocycles. The average molecular weight is 191 g/mol. The van der Waals surface area contributed by atoms with Gasteiger partial charge in [-0.2, -0.15) is 0 Å². The zero-order valence-electron chi connectivity index (χ0n) is 7.67. The van der Waals surface area contributed by atoms with Gasteiger partial charge in [-0.25, -0.2) is 14.8 Å². The monoisotopic (exact) mass is 191 g/mol. The van der Waals surface area contributed by atoms with Crippen LogP contribution in [-0.2, 0) is 4.74 Å². The second-order valence-corrected chi connectivity index (χ2v) is 2.70. The van der Waals surface area contributed by atoms with E-state index >= 15 is 0 Å². The quantitative estimate of drug-likeness (QED) is 0.662. The highest BCUT2D eigenvalue weighted by Gasteiger charge is 2.07. The number of carbonyl (C=O) groups excluding carboxylic acids is 1. The lowest BCUT2D eigenvalue weighted by Gasteiger charge is -2.00. The van der Waals surface area contributed by atoms with Crippen LogP contribution in [0.1, 0.15) is 17.3 Å². The molecule has 0 saturated heterocycles. The number of aromatic nitrogens is 3. The number of imidazole rings is 1. The molecule has 0 unspecified atom stereocenters. The number of esters is 1. The fraction of sp³-hybridized carbons (Fsp3) is 0.222. The first-order valence-corrected chi connectivity index (χ1v) is 4.27. The Morgan fingerprint density at radius 3 is 3.21 bits per heavy atom. The van der Waals surface area contributed by atoms with E-state index in [1.165, 1.54) is 6.20 Å². The highest BCUT2D eigenvalue weighted by molar-refractivity contribution is 5.88. The molecule has 0 bridgehead atoms. The van der Waals surface area contributed by atoms with Crippen molar-refractivity contribution in [2.24, 2.45) is 0 Å². The van der Waals surface area contributed by atoms with Gasteiger partial charge in [0.2, 0.25) is 5.78 Å². The van der Waals surface area contributed by atoms with Gasteiger partial charge in [0, 0.05) is 24.8 Å². The Morgan fingerprint density at radius 2 is 2.43 bits per heavy atom. The molecule has 14 heavy (non-hydrogen) atoms. The Labute approximate surface area is 80.4 Å². The molecule has 0 amide bonds. The third kappa shape index (κ3) is 1.44. The Kier molecular flexibility index (Phi) is 2.14. The van der Waals surface area contributed by atoms with E-state index in [4.69, 9.17) is 4.74 Å². The van der Waals surface area contributed by atoms with Crippen molar-refractivity contribution in [3.05, 3.63) is 30.4 Å². The minimum Gasteiger partial charge on any atom is -0.462 e. The summed E-state index contributed by atoms with van der Waals surface area (Å²) in [5.74, 6) is 0.202. The summed E-state index contributed by atoms with van der Waals surface area (Å²) in [7, 11) is 0. The molecule has 5 heteroatoms. The second kappa shape index (κ2) is 3.45. The normalized spacial score (nSPS) is 10.4. The number of hydrogen-bond donors (Lipinski definition) is 0. The maximum absolute atomic E-state index is 11.3. The van der Waals surface area contributed by atoms with Gasteiger partial charge in [0.15, 0.2) is 0 Å². The number of nitrogens with zero attached hydrogens (tertiary/aromatic N) is 3. The summed E-state index contributed by atoms with van der Waals surface area (Å²) in [6.07, 6.45) is 6.45. The van der Waals surface area contributed by atoms with Gasteiger partial charge in [0.1, 0.15) is 0 Å². The Balaban J connectivity index is 2.38. The lowest BCUT2D eigenvalue weighted by atomic mass is 10.3. The van der Waals surface area contributed by atoms with Gasteiger partial charge in [0.25, 0.3) is 0 Å². The van der Waals surface area contributed by atoms with Crippen molar-refractivity contribution in [2.45, 2.75) is 6.92 Å². The number of hydrogen-bond acceptors (Lipinski definition) is 4. The summed E-state index contributed by atoms with van der Waals surface area (Å²) in [5, 5.41) is 0. The topological polar surface area (TPSA) is 56.5 Å². The van der Waals surface area contributed by atoms with E-state index in [0.717, 1.165) is 0 Å². The van der Waals surface area contributed by atoms with Gasteiger partial charge in [0.05, 0.1) is 12.2 Å². The smallest absolute Gasteiger partial charge is 0.341 e. The molecule has 2 rings (SSSR count). The van der Waals surface area contributed by atoms with Crippen LogP contribution in [-0.4, -0.2) is 26.9 Å². The van der Waals surface area contributed by atoms with Crippen molar-refractivity contribution in [1.29, 1.82) is 0 Å². The molecule has 0 saturated carbocycles. The fourth-order valence-electron chi connectivity index (χ4n) is 1.14. The van der Waals surface area contributed by atoms with Crippen molar-refractivity contribution >= 4 is 11.7 Å².